The van der Waals surface area contributed by atoms with Crippen molar-refractivity contribution in [3.63, 3.8) is 0 Å². The summed E-state index contributed by atoms with van der Waals surface area (Å²) in [4.78, 5) is 2.52. The fourth-order valence-electron chi connectivity index (χ4n) is 4.08. The highest BCUT2D eigenvalue weighted by atomic mass is 16.5. The van der Waals surface area contributed by atoms with Crippen molar-refractivity contribution in [1.82, 2.24) is 10.2 Å². The van der Waals surface area contributed by atoms with Gasteiger partial charge in [-0.25, -0.2) is 0 Å². The maximum Gasteiger partial charge on any atom is 0.0702 e. The summed E-state index contributed by atoms with van der Waals surface area (Å²) >= 11 is 0. The van der Waals surface area contributed by atoms with Gasteiger partial charge in [0.2, 0.25) is 0 Å². The molecule has 0 aromatic carbocycles. The lowest BCUT2D eigenvalue weighted by atomic mass is 9.76. The van der Waals surface area contributed by atoms with E-state index < -0.39 is 0 Å². The van der Waals surface area contributed by atoms with Crippen molar-refractivity contribution in [3.8, 4) is 0 Å². The van der Waals surface area contributed by atoms with Crippen LogP contribution in [0.1, 0.15) is 52.4 Å². The molecule has 0 aromatic rings. The highest BCUT2D eigenvalue weighted by molar-refractivity contribution is 4.86. The quantitative estimate of drug-likeness (QED) is 0.777. The van der Waals surface area contributed by atoms with Crippen LogP contribution in [0.3, 0.4) is 0 Å². The number of rotatable bonds is 7. The van der Waals surface area contributed by atoms with Gasteiger partial charge in [0.25, 0.3) is 0 Å². The van der Waals surface area contributed by atoms with Crippen molar-refractivity contribution in [2.75, 3.05) is 33.3 Å². The summed E-state index contributed by atoms with van der Waals surface area (Å²) in [6.07, 6.45) is 8.53. The maximum atomic E-state index is 5.77. The predicted molar refractivity (Wildman–Crippen MR) is 85.1 cm³/mol. The average molecular weight is 282 g/mol. The van der Waals surface area contributed by atoms with Crippen molar-refractivity contribution in [2.24, 2.45) is 11.8 Å². The summed E-state index contributed by atoms with van der Waals surface area (Å²) in [6.45, 7) is 9.01. The first-order valence-corrected chi connectivity index (χ1v) is 8.76. The van der Waals surface area contributed by atoms with Crippen LogP contribution in [0, 0.1) is 11.8 Å². The molecule has 0 spiro atoms. The van der Waals surface area contributed by atoms with E-state index in [9.17, 15) is 0 Å². The first kappa shape index (κ1) is 16.3. The summed E-state index contributed by atoms with van der Waals surface area (Å²) in [6, 6.07) is 0.731. The molecule has 1 saturated carbocycles. The Morgan fingerprint density at radius 3 is 2.65 bits per heavy atom. The minimum atomic E-state index is 0.489. The van der Waals surface area contributed by atoms with E-state index >= 15 is 0 Å². The fraction of sp³-hybridized carbons (Fsp3) is 1.00. The van der Waals surface area contributed by atoms with E-state index in [1.165, 1.54) is 45.1 Å². The molecule has 1 saturated heterocycles. The minimum Gasteiger partial charge on any atom is -0.377 e. The Kier molecular flexibility index (Phi) is 6.79. The molecule has 1 heterocycles. The topological polar surface area (TPSA) is 24.5 Å². The van der Waals surface area contributed by atoms with E-state index in [-0.39, 0.29) is 0 Å². The Morgan fingerprint density at radius 1 is 1.15 bits per heavy atom. The van der Waals surface area contributed by atoms with Crippen LogP contribution in [0.25, 0.3) is 0 Å². The molecular weight excluding hydrogens is 248 g/mol. The van der Waals surface area contributed by atoms with E-state index in [1.54, 1.807) is 0 Å². The summed E-state index contributed by atoms with van der Waals surface area (Å²) in [5.41, 5.74) is 0. The Labute approximate surface area is 125 Å². The molecule has 2 rings (SSSR count). The lowest BCUT2D eigenvalue weighted by molar-refractivity contribution is 0.0675. The van der Waals surface area contributed by atoms with Crippen molar-refractivity contribution in [3.05, 3.63) is 0 Å². The molecular formula is C17H34N2O. The average Bonchev–Trinajstić information content (AvgIpc) is 2.93. The van der Waals surface area contributed by atoms with Crippen molar-refractivity contribution < 1.29 is 4.74 Å². The third-order valence-electron chi connectivity index (χ3n) is 5.22. The number of ether oxygens (including phenoxy) is 1. The van der Waals surface area contributed by atoms with Crippen LogP contribution in [0.15, 0.2) is 0 Å². The van der Waals surface area contributed by atoms with Gasteiger partial charge in [-0.15, -0.1) is 0 Å². The Balaban J connectivity index is 1.81. The molecule has 1 aliphatic carbocycles. The molecule has 118 valence electrons. The van der Waals surface area contributed by atoms with E-state index in [4.69, 9.17) is 4.74 Å². The maximum absolute atomic E-state index is 5.77. The first-order chi connectivity index (χ1) is 9.72. The minimum absolute atomic E-state index is 0.489. The van der Waals surface area contributed by atoms with Gasteiger partial charge < -0.3 is 15.0 Å². The number of nitrogens with zero attached hydrogens (tertiary/aromatic N) is 1. The van der Waals surface area contributed by atoms with Crippen LogP contribution in [-0.2, 0) is 4.74 Å². The molecule has 4 atom stereocenters. The van der Waals surface area contributed by atoms with Crippen LogP contribution in [0.4, 0.5) is 0 Å². The lowest BCUT2D eigenvalue weighted by Gasteiger charge is -2.38. The molecule has 1 N–H and O–H groups in total. The first-order valence-electron chi connectivity index (χ1n) is 8.76. The Morgan fingerprint density at radius 2 is 2.00 bits per heavy atom. The number of hydrogen-bond donors (Lipinski definition) is 1. The number of nitrogens with one attached hydrogen (secondary N) is 1. The van der Waals surface area contributed by atoms with E-state index in [2.05, 4.69) is 31.1 Å². The normalized spacial score (nSPS) is 34.8. The van der Waals surface area contributed by atoms with Crippen molar-refractivity contribution in [2.45, 2.75) is 64.5 Å². The standard InChI is InChI=1S/C17H34N2O/c1-4-14-8-9-17(18-5-2)15(11-14)12-19(3)13-16-7-6-10-20-16/h14-18H,4-13H2,1-3H3. The van der Waals surface area contributed by atoms with Crippen LogP contribution >= 0.6 is 0 Å². The van der Waals surface area contributed by atoms with Crippen LogP contribution in [0.2, 0.25) is 0 Å². The third-order valence-corrected chi connectivity index (χ3v) is 5.22. The Bertz CT molecular complexity index is 266. The van der Waals surface area contributed by atoms with E-state index in [1.807, 2.05) is 0 Å². The third kappa shape index (κ3) is 4.71. The smallest absolute Gasteiger partial charge is 0.0702 e. The molecule has 3 nitrogen and oxygen atoms in total. The van der Waals surface area contributed by atoms with Gasteiger partial charge in [-0.3, -0.25) is 0 Å². The Hall–Kier alpha value is -0.120. The van der Waals surface area contributed by atoms with Gasteiger partial charge in [-0.1, -0.05) is 20.3 Å². The zero-order chi connectivity index (χ0) is 14.4. The second kappa shape index (κ2) is 8.35. The molecule has 0 aromatic heterocycles. The zero-order valence-corrected chi connectivity index (χ0v) is 13.7. The molecule has 0 bridgehead atoms. The van der Waals surface area contributed by atoms with Crippen molar-refractivity contribution in [1.29, 1.82) is 0 Å². The largest absolute Gasteiger partial charge is 0.377 e. The fourth-order valence-corrected chi connectivity index (χ4v) is 4.08. The SMILES string of the molecule is CCNC1CCC(CC)CC1CN(C)CC1CCCO1. The van der Waals surface area contributed by atoms with Crippen LogP contribution in [-0.4, -0.2) is 50.3 Å². The van der Waals surface area contributed by atoms with Gasteiger partial charge in [0.1, 0.15) is 0 Å². The highest BCUT2D eigenvalue weighted by Crippen LogP contribution is 2.32. The second-order valence-corrected chi connectivity index (χ2v) is 6.87. The second-order valence-electron chi connectivity index (χ2n) is 6.87. The molecule has 0 amide bonds. The predicted octanol–water partition coefficient (Wildman–Crippen LogP) is 2.90. The molecule has 1 aliphatic heterocycles. The number of hydrogen-bond acceptors (Lipinski definition) is 3. The van der Waals surface area contributed by atoms with Gasteiger partial charge >= 0.3 is 0 Å². The summed E-state index contributed by atoms with van der Waals surface area (Å²) < 4.78 is 5.77. The van der Waals surface area contributed by atoms with Gasteiger partial charge in [0, 0.05) is 25.7 Å². The van der Waals surface area contributed by atoms with E-state index in [0.29, 0.717) is 6.10 Å². The molecule has 3 heteroatoms. The zero-order valence-electron chi connectivity index (χ0n) is 13.7. The lowest BCUT2D eigenvalue weighted by Crippen LogP contribution is -2.46. The molecule has 4 unspecified atom stereocenters. The highest BCUT2D eigenvalue weighted by Gasteiger charge is 2.30. The molecule has 20 heavy (non-hydrogen) atoms. The van der Waals surface area contributed by atoms with E-state index in [0.717, 1.165) is 37.6 Å². The summed E-state index contributed by atoms with van der Waals surface area (Å²) in [5.74, 6) is 1.77. The number of likely N-dealkylation sites (N-methyl/N-ethyl adjacent to an activating group) is 1. The molecule has 2 aliphatic rings. The summed E-state index contributed by atoms with van der Waals surface area (Å²) in [7, 11) is 2.28. The van der Waals surface area contributed by atoms with Gasteiger partial charge in [-0.2, -0.15) is 0 Å². The van der Waals surface area contributed by atoms with Crippen LogP contribution in [0.5, 0.6) is 0 Å². The van der Waals surface area contributed by atoms with Gasteiger partial charge in [0.15, 0.2) is 0 Å². The summed E-state index contributed by atoms with van der Waals surface area (Å²) in [5, 5.41) is 3.72. The van der Waals surface area contributed by atoms with Crippen LogP contribution < -0.4 is 5.32 Å². The van der Waals surface area contributed by atoms with Crippen molar-refractivity contribution >= 4 is 0 Å². The molecule has 0 radical (unpaired) electrons. The molecule has 2 fully saturated rings. The monoisotopic (exact) mass is 282 g/mol. The van der Waals surface area contributed by atoms with Gasteiger partial charge in [0.05, 0.1) is 6.10 Å². The van der Waals surface area contributed by atoms with Gasteiger partial charge in [-0.05, 0) is 57.5 Å².